The Balaban J connectivity index is 1.45. The molecule has 36 heavy (non-hydrogen) atoms. The van der Waals surface area contributed by atoms with Gasteiger partial charge < -0.3 is 0 Å². The first-order valence-corrected chi connectivity index (χ1v) is 17.9. The first kappa shape index (κ1) is 24.2. The Kier molecular flexibility index (Phi) is 6.95. The van der Waals surface area contributed by atoms with Crippen molar-refractivity contribution in [1.29, 1.82) is 0 Å². The SMILES string of the molecule is CCCCCCCC[Si@@](C)(C1c2ccccc2-c2ccccc21)C1c2ccccc2C2CCCCC21. The third kappa shape index (κ3) is 4.03. The van der Waals surface area contributed by atoms with E-state index in [0.29, 0.717) is 5.54 Å². The Morgan fingerprint density at radius 3 is 1.89 bits per heavy atom. The number of rotatable bonds is 9. The molecular formula is C35H44Si. The lowest BCUT2D eigenvalue weighted by Crippen LogP contribution is -2.47. The van der Waals surface area contributed by atoms with E-state index in [1.165, 1.54) is 81.4 Å². The fourth-order valence-electron chi connectivity index (χ4n) is 8.78. The normalized spacial score (nSPS) is 24.0. The monoisotopic (exact) mass is 492 g/mol. The van der Waals surface area contributed by atoms with Gasteiger partial charge in [0, 0.05) is 5.54 Å². The van der Waals surface area contributed by atoms with Crippen molar-refractivity contribution in [1.82, 2.24) is 0 Å². The highest BCUT2D eigenvalue weighted by Crippen LogP contribution is 2.62. The summed E-state index contributed by atoms with van der Waals surface area (Å²) in [4.78, 5) is 0. The van der Waals surface area contributed by atoms with Gasteiger partial charge in [-0.1, -0.05) is 144 Å². The Labute approximate surface area is 220 Å². The summed E-state index contributed by atoms with van der Waals surface area (Å²) in [5, 5.41) is 0. The molecule has 0 bridgehead atoms. The minimum absolute atomic E-state index is 0.624. The lowest BCUT2D eigenvalue weighted by Gasteiger charge is -2.45. The number of benzene rings is 3. The van der Waals surface area contributed by atoms with Gasteiger partial charge in [-0.2, -0.15) is 0 Å². The zero-order valence-corrected chi connectivity index (χ0v) is 23.5. The summed E-state index contributed by atoms with van der Waals surface area (Å²) in [5.41, 5.74) is 11.2. The summed E-state index contributed by atoms with van der Waals surface area (Å²) in [6, 6.07) is 30.1. The maximum absolute atomic E-state index is 2.85. The Bertz CT molecular complexity index is 1150. The molecule has 3 aliphatic carbocycles. The van der Waals surface area contributed by atoms with E-state index < -0.39 is 8.07 Å². The van der Waals surface area contributed by atoms with Gasteiger partial charge in [-0.25, -0.2) is 0 Å². The van der Waals surface area contributed by atoms with Gasteiger partial charge in [-0.15, -0.1) is 0 Å². The highest BCUT2D eigenvalue weighted by atomic mass is 28.3. The fourth-order valence-corrected chi connectivity index (χ4v) is 15.0. The predicted octanol–water partition coefficient (Wildman–Crippen LogP) is 10.4. The third-order valence-electron chi connectivity index (χ3n) is 10.3. The zero-order chi connectivity index (χ0) is 24.5. The van der Waals surface area contributed by atoms with Gasteiger partial charge in [0.05, 0.1) is 8.07 Å². The first-order valence-electron chi connectivity index (χ1n) is 15.0. The van der Waals surface area contributed by atoms with Gasteiger partial charge in [0.2, 0.25) is 0 Å². The smallest absolute Gasteiger partial charge is 0.0680 e. The van der Waals surface area contributed by atoms with E-state index in [1.807, 2.05) is 0 Å². The van der Waals surface area contributed by atoms with Crippen LogP contribution < -0.4 is 0 Å². The lowest BCUT2D eigenvalue weighted by molar-refractivity contribution is 0.317. The van der Waals surface area contributed by atoms with Crippen molar-refractivity contribution in [2.75, 3.05) is 0 Å². The van der Waals surface area contributed by atoms with E-state index in [0.717, 1.165) is 17.4 Å². The fraction of sp³-hybridized carbons (Fsp3) is 0.486. The second-order valence-electron chi connectivity index (χ2n) is 12.3. The molecule has 6 rings (SSSR count). The molecule has 0 heterocycles. The number of unbranched alkanes of at least 4 members (excludes halogenated alkanes) is 5. The first-order chi connectivity index (χ1) is 17.7. The van der Waals surface area contributed by atoms with Crippen molar-refractivity contribution >= 4 is 8.07 Å². The molecule has 4 atom stereocenters. The minimum Gasteiger partial charge on any atom is -0.0680 e. The van der Waals surface area contributed by atoms with Crippen LogP contribution in [0.5, 0.6) is 0 Å². The summed E-state index contributed by atoms with van der Waals surface area (Å²) >= 11 is 0. The molecule has 3 aromatic carbocycles. The molecule has 3 aromatic rings. The Hall–Kier alpha value is -2.12. The molecular weight excluding hydrogens is 448 g/mol. The van der Waals surface area contributed by atoms with Gasteiger partial charge in [0.1, 0.15) is 0 Å². The lowest BCUT2D eigenvalue weighted by atomic mass is 9.79. The number of fused-ring (bicyclic) bond motifs is 6. The van der Waals surface area contributed by atoms with Crippen LogP contribution in [0.1, 0.15) is 110 Å². The molecule has 0 aliphatic heterocycles. The molecule has 0 spiro atoms. The van der Waals surface area contributed by atoms with Crippen LogP contribution in [0.3, 0.4) is 0 Å². The van der Waals surface area contributed by atoms with Crippen molar-refractivity contribution in [3.63, 3.8) is 0 Å². The van der Waals surface area contributed by atoms with Crippen LogP contribution >= 0.6 is 0 Å². The molecule has 188 valence electrons. The molecule has 3 unspecified atom stereocenters. The van der Waals surface area contributed by atoms with E-state index in [-0.39, 0.29) is 0 Å². The van der Waals surface area contributed by atoms with Gasteiger partial charge in [0.15, 0.2) is 0 Å². The average molecular weight is 493 g/mol. The van der Waals surface area contributed by atoms with E-state index in [1.54, 1.807) is 22.3 Å². The maximum Gasteiger partial charge on any atom is 0.0713 e. The van der Waals surface area contributed by atoms with E-state index in [2.05, 4.69) is 86.3 Å². The number of hydrogen-bond donors (Lipinski definition) is 0. The van der Waals surface area contributed by atoms with Gasteiger partial charge in [-0.3, -0.25) is 0 Å². The van der Waals surface area contributed by atoms with Crippen LogP contribution in [-0.2, 0) is 0 Å². The van der Waals surface area contributed by atoms with Crippen molar-refractivity contribution < 1.29 is 0 Å². The largest absolute Gasteiger partial charge is 0.0713 e. The number of hydrogen-bond acceptors (Lipinski definition) is 0. The van der Waals surface area contributed by atoms with Crippen LogP contribution in [-0.4, -0.2) is 8.07 Å². The maximum atomic E-state index is 2.85. The van der Waals surface area contributed by atoms with Gasteiger partial charge >= 0.3 is 0 Å². The van der Waals surface area contributed by atoms with Crippen LogP contribution in [0.25, 0.3) is 11.1 Å². The second-order valence-corrected chi connectivity index (χ2v) is 17.0. The van der Waals surface area contributed by atoms with Crippen molar-refractivity contribution in [2.24, 2.45) is 5.92 Å². The van der Waals surface area contributed by atoms with Crippen LogP contribution in [0, 0.1) is 5.92 Å². The molecule has 1 heteroatoms. The Morgan fingerprint density at radius 1 is 0.639 bits per heavy atom. The summed E-state index contributed by atoms with van der Waals surface area (Å²) in [6.45, 7) is 5.18. The van der Waals surface area contributed by atoms with Crippen LogP contribution in [0.2, 0.25) is 12.6 Å². The van der Waals surface area contributed by atoms with E-state index in [4.69, 9.17) is 0 Å². The van der Waals surface area contributed by atoms with Gasteiger partial charge in [-0.05, 0) is 63.6 Å². The topological polar surface area (TPSA) is 0 Å². The standard InChI is InChI=1S/C35H44Si/c1-3-4-5-6-7-16-25-36(2,34-30-21-12-8-17-26(30)27-18-9-13-22-31(27)34)35-32-23-14-10-19-28(32)29-20-11-15-24-33(29)35/h8-10,12-14,17-19,21-23,29,33-35H,3-7,11,15-16,20,24-25H2,1-2H3/t29?,33?,35?,36-/m0/s1. The Morgan fingerprint density at radius 2 is 1.19 bits per heavy atom. The summed E-state index contributed by atoms with van der Waals surface area (Å²) < 4.78 is 0. The molecule has 0 aromatic heterocycles. The molecule has 0 N–H and O–H groups in total. The molecule has 1 saturated carbocycles. The quantitative estimate of drug-likeness (QED) is 0.206. The van der Waals surface area contributed by atoms with Crippen molar-refractivity contribution in [3.8, 4) is 11.1 Å². The summed E-state index contributed by atoms with van der Waals surface area (Å²) in [7, 11) is -1.81. The molecule has 0 saturated heterocycles. The van der Waals surface area contributed by atoms with Crippen LogP contribution in [0.4, 0.5) is 0 Å². The molecule has 1 fully saturated rings. The van der Waals surface area contributed by atoms with E-state index >= 15 is 0 Å². The molecule has 0 nitrogen and oxygen atoms in total. The summed E-state index contributed by atoms with van der Waals surface area (Å²) in [6.07, 6.45) is 14.1. The third-order valence-corrected chi connectivity index (χ3v) is 15.8. The van der Waals surface area contributed by atoms with Crippen molar-refractivity contribution in [2.45, 2.75) is 101 Å². The predicted molar refractivity (Wildman–Crippen MR) is 157 cm³/mol. The molecule has 3 aliphatic rings. The molecule has 0 radical (unpaired) electrons. The zero-order valence-electron chi connectivity index (χ0n) is 22.5. The minimum atomic E-state index is -1.81. The molecule has 0 amide bonds. The highest BCUT2D eigenvalue weighted by molar-refractivity contribution is 6.82. The second kappa shape index (κ2) is 10.3. The average Bonchev–Trinajstić information content (AvgIpc) is 3.45. The van der Waals surface area contributed by atoms with Crippen LogP contribution in [0.15, 0.2) is 72.8 Å². The summed E-state index contributed by atoms with van der Waals surface area (Å²) in [5.74, 6) is 1.68. The van der Waals surface area contributed by atoms with Gasteiger partial charge in [0.25, 0.3) is 0 Å². The van der Waals surface area contributed by atoms with E-state index in [9.17, 15) is 0 Å². The van der Waals surface area contributed by atoms with Crippen molar-refractivity contribution in [3.05, 3.63) is 95.1 Å². The highest BCUT2D eigenvalue weighted by Gasteiger charge is 2.55.